The van der Waals surface area contributed by atoms with E-state index < -0.39 is 39.7 Å². The van der Waals surface area contributed by atoms with Crippen LogP contribution >= 0.6 is 23.2 Å². The Morgan fingerprint density at radius 2 is 1.65 bits per heavy atom. The monoisotopic (exact) mass is 568 g/mol. The van der Waals surface area contributed by atoms with E-state index in [0.29, 0.717) is 5.02 Å². The van der Waals surface area contributed by atoms with E-state index in [1.165, 1.54) is 42.5 Å². The number of ether oxygens (including phenoxy) is 1. The van der Waals surface area contributed by atoms with Gasteiger partial charge in [0.05, 0.1) is 22.0 Å². The van der Waals surface area contributed by atoms with Gasteiger partial charge in [-0.05, 0) is 69.3 Å². The molecule has 0 unspecified atom stereocenters. The first-order valence-electron chi connectivity index (χ1n) is 10.8. The predicted octanol–water partition coefficient (Wildman–Crippen LogP) is 5.88. The normalized spacial score (nSPS) is 11.6. The van der Waals surface area contributed by atoms with Crippen LogP contribution in [0.4, 0.5) is 10.1 Å². The average molecular weight is 569 g/mol. The summed E-state index contributed by atoms with van der Waals surface area (Å²) in [6.07, 6.45) is -0.588. The fraction of sp³-hybridized carbons (Fsp3) is 0.200. The molecule has 0 spiro atoms. The Morgan fingerprint density at radius 1 is 1.00 bits per heavy atom. The quantitative estimate of drug-likeness (QED) is 0.312. The third-order valence-electron chi connectivity index (χ3n) is 4.76. The summed E-state index contributed by atoms with van der Waals surface area (Å²) in [5.41, 5.74) is -0.701. The zero-order valence-corrected chi connectivity index (χ0v) is 22.3. The number of nitrogens with one attached hydrogen (secondary N) is 2. The molecule has 0 atom stereocenters. The van der Waals surface area contributed by atoms with E-state index in [1.54, 1.807) is 20.8 Å². The minimum Gasteiger partial charge on any atom is -0.481 e. The summed E-state index contributed by atoms with van der Waals surface area (Å²) < 4.78 is 48.7. The number of amides is 1. The average Bonchev–Trinajstić information content (AvgIpc) is 2.76. The van der Waals surface area contributed by atoms with E-state index in [2.05, 4.69) is 10.0 Å². The topological polar surface area (TPSA) is 122 Å². The van der Waals surface area contributed by atoms with E-state index >= 15 is 0 Å². The number of carboxylic acid groups (broad SMARTS) is 1. The third-order valence-corrected chi connectivity index (χ3v) is 6.69. The van der Waals surface area contributed by atoms with E-state index in [9.17, 15) is 22.4 Å². The van der Waals surface area contributed by atoms with E-state index in [4.69, 9.17) is 33.0 Å². The highest BCUT2D eigenvalue weighted by Gasteiger charge is 2.22. The van der Waals surface area contributed by atoms with Gasteiger partial charge < -0.3 is 15.2 Å². The lowest BCUT2D eigenvalue weighted by Gasteiger charge is -2.21. The highest BCUT2D eigenvalue weighted by Crippen LogP contribution is 2.37. The van der Waals surface area contributed by atoms with Gasteiger partial charge in [-0.25, -0.2) is 12.8 Å². The molecule has 0 fully saturated rings. The second-order valence-corrected chi connectivity index (χ2v) is 11.5. The molecular formula is C25H23Cl2FN2O6S. The van der Waals surface area contributed by atoms with E-state index in [-0.39, 0.29) is 38.2 Å². The summed E-state index contributed by atoms with van der Waals surface area (Å²) in [5, 5.41) is 12.0. The number of carboxylic acids is 1. The van der Waals surface area contributed by atoms with Crippen molar-refractivity contribution >= 4 is 50.8 Å². The molecule has 37 heavy (non-hydrogen) atoms. The standard InChI is InChI=1S/C25H23Cl2FN2O6S/c1-25(2,3)29-24(33)14-4-9-21(36-22-13-19(28)15(10-18(22)27)12-23(31)32)20(11-14)30-37(34,35)17-7-5-16(26)6-8-17/h4-11,13,30H,12H2,1-3H3,(H,29,33)(H,31,32). The fourth-order valence-electron chi connectivity index (χ4n) is 3.14. The van der Waals surface area contributed by atoms with Gasteiger partial charge >= 0.3 is 5.97 Å². The first-order chi connectivity index (χ1) is 17.1. The molecule has 196 valence electrons. The molecule has 12 heteroatoms. The zero-order chi connectivity index (χ0) is 27.5. The summed E-state index contributed by atoms with van der Waals surface area (Å²) in [6.45, 7) is 5.37. The molecule has 0 aliphatic rings. The second kappa shape index (κ2) is 11.0. The Bertz CT molecular complexity index is 1460. The van der Waals surface area contributed by atoms with Gasteiger partial charge in [-0.2, -0.15) is 0 Å². The summed E-state index contributed by atoms with van der Waals surface area (Å²) in [4.78, 5) is 23.6. The van der Waals surface area contributed by atoms with Crippen LogP contribution in [0.15, 0.2) is 59.5 Å². The van der Waals surface area contributed by atoms with Crippen LogP contribution in [0.25, 0.3) is 0 Å². The number of hydrogen-bond donors (Lipinski definition) is 3. The van der Waals surface area contributed by atoms with E-state index in [1.807, 2.05) is 0 Å². The molecule has 0 aromatic heterocycles. The molecule has 0 aliphatic heterocycles. The molecule has 1 amide bonds. The lowest BCUT2D eigenvalue weighted by molar-refractivity contribution is -0.136. The van der Waals surface area contributed by atoms with Gasteiger partial charge in [0.15, 0.2) is 5.75 Å². The van der Waals surface area contributed by atoms with Gasteiger partial charge in [-0.15, -0.1) is 0 Å². The van der Waals surface area contributed by atoms with Crippen LogP contribution < -0.4 is 14.8 Å². The Balaban J connectivity index is 2.04. The van der Waals surface area contributed by atoms with Gasteiger partial charge in [0, 0.05) is 27.8 Å². The number of hydrogen-bond acceptors (Lipinski definition) is 5. The molecule has 0 aliphatic carbocycles. The summed E-state index contributed by atoms with van der Waals surface area (Å²) in [7, 11) is -4.15. The number of anilines is 1. The van der Waals surface area contributed by atoms with Crippen LogP contribution in [-0.2, 0) is 21.2 Å². The van der Waals surface area contributed by atoms with Gasteiger partial charge in [-0.3, -0.25) is 14.3 Å². The molecule has 0 saturated heterocycles. The summed E-state index contributed by atoms with van der Waals surface area (Å²) in [6, 6.07) is 11.4. The third kappa shape index (κ3) is 7.58. The molecule has 0 saturated carbocycles. The fourth-order valence-corrected chi connectivity index (χ4v) is 4.55. The van der Waals surface area contributed by atoms with Gasteiger partial charge in [-0.1, -0.05) is 23.2 Å². The Hall–Kier alpha value is -3.34. The number of benzene rings is 3. The van der Waals surface area contributed by atoms with Crippen LogP contribution in [0.2, 0.25) is 10.0 Å². The SMILES string of the molecule is CC(C)(C)NC(=O)c1ccc(Oc2cc(F)c(CC(=O)O)cc2Cl)c(NS(=O)(=O)c2ccc(Cl)cc2)c1. The van der Waals surface area contributed by atoms with Crippen molar-refractivity contribution in [2.45, 2.75) is 37.6 Å². The molecule has 3 N–H and O–H groups in total. The lowest BCUT2D eigenvalue weighted by Crippen LogP contribution is -2.40. The number of halogens is 3. The maximum atomic E-state index is 14.5. The number of carbonyl (C=O) groups excluding carboxylic acids is 1. The molecule has 8 nitrogen and oxygen atoms in total. The molecule has 3 aromatic rings. The van der Waals surface area contributed by atoms with Crippen molar-refractivity contribution in [1.82, 2.24) is 5.32 Å². The number of rotatable bonds is 8. The van der Waals surface area contributed by atoms with Crippen molar-refractivity contribution in [3.05, 3.63) is 81.6 Å². The molecule has 3 rings (SSSR count). The Labute approximate surface area is 223 Å². The highest BCUT2D eigenvalue weighted by atomic mass is 35.5. The van der Waals surface area contributed by atoms with Gasteiger partial charge in [0.2, 0.25) is 0 Å². The van der Waals surface area contributed by atoms with Crippen LogP contribution in [0.5, 0.6) is 11.5 Å². The largest absolute Gasteiger partial charge is 0.481 e. The van der Waals surface area contributed by atoms with Crippen LogP contribution in [0.1, 0.15) is 36.7 Å². The number of sulfonamides is 1. The predicted molar refractivity (Wildman–Crippen MR) is 139 cm³/mol. The highest BCUT2D eigenvalue weighted by molar-refractivity contribution is 7.92. The van der Waals surface area contributed by atoms with Crippen LogP contribution in [-0.4, -0.2) is 30.9 Å². The summed E-state index contributed by atoms with van der Waals surface area (Å²) in [5.74, 6) is -2.85. The Morgan fingerprint density at radius 3 is 2.24 bits per heavy atom. The molecule has 0 radical (unpaired) electrons. The van der Waals surface area contributed by atoms with E-state index in [0.717, 1.165) is 12.1 Å². The van der Waals surface area contributed by atoms with Crippen molar-refractivity contribution in [3.8, 4) is 11.5 Å². The first-order valence-corrected chi connectivity index (χ1v) is 13.0. The smallest absolute Gasteiger partial charge is 0.307 e. The molecule has 0 heterocycles. The van der Waals surface area contributed by atoms with Crippen molar-refractivity contribution in [1.29, 1.82) is 0 Å². The van der Waals surface area contributed by atoms with Crippen LogP contribution in [0, 0.1) is 5.82 Å². The minimum atomic E-state index is -4.15. The van der Waals surface area contributed by atoms with Crippen molar-refractivity contribution in [2.75, 3.05) is 4.72 Å². The maximum absolute atomic E-state index is 14.5. The lowest BCUT2D eigenvalue weighted by atomic mass is 10.1. The molecular weight excluding hydrogens is 546 g/mol. The number of aliphatic carboxylic acids is 1. The van der Waals surface area contributed by atoms with Crippen LogP contribution in [0.3, 0.4) is 0 Å². The van der Waals surface area contributed by atoms with Crippen molar-refractivity contribution < 1.29 is 32.2 Å². The number of carbonyl (C=O) groups is 2. The summed E-state index contributed by atoms with van der Waals surface area (Å²) >= 11 is 12.0. The molecule has 3 aromatic carbocycles. The van der Waals surface area contributed by atoms with Gasteiger partial charge in [0.1, 0.15) is 11.6 Å². The van der Waals surface area contributed by atoms with Crippen molar-refractivity contribution in [2.24, 2.45) is 0 Å². The minimum absolute atomic E-state index is 0.0860. The Kier molecular flexibility index (Phi) is 8.36. The zero-order valence-electron chi connectivity index (χ0n) is 19.9. The van der Waals surface area contributed by atoms with Gasteiger partial charge in [0.25, 0.3) is 15.9 Å². The first kappa shape index (κ1) is 28.2. The second-order valence-electron chi connectivity index (χ2n) is 9.02. The van der Waals surface area contributed by atoms with Crippen molar-refractivity contribution in [3.63, 3.8) is 0 Å². The molecule has 0 bridgehead atoms. The maximum Gasteiger partial charge on any atom is 0.307 e.